The van der Waals surface area contributed by atoms with Crippen LogP contribution in [-0.2, 0) is 0 Å². The van der Waals surface area contributed by atoms with Crippen molar-refractivity contribution in [3.63, 3.8) is 0 Å². The van der Waals surface area contributed by atoms with E-state index < -0.39 is 0 Å². The van der Waals surface area contributed by atoms with Crippen molar-refractivity contribution in [2.24, 2.45) is 5.10 Å². The van der Waals surface area contributed by atoms with Crippen molar-refractivity contribution in [3.05, 3.63) is 89.7 Å². The minimum absolute atomic E-state index is 0.395. The van der Waals surface area contributed by atoms with Gasteiger partial charge in [0.15, 0.2) is 0 Å². The van der Waals surface area contributed by atoms with Crippen LogP contribution in [0.3, 0.4) is 0 Å². The van der Waals surface area contributed by atoms with E-state index in [1.165, 1.54) is 0 Å². The molecule has 5 rings (SSSR count). The van der Waals surface area contributed by atoms with Gasteiger partial charge in [0.25, 0.3) is 0 Å². The molecule has 30 heavy (non-hydrogen) atoms. The fraction of sp³-hybridized carbons (Fsp3) is 0. The van der Waals surface area contributed by atoms with Crippen molar-refractivity contribution in [3.8, 4) is 11.3 Å². The second-order valence-corrected chi connectivity index (χ2v) is 7.00. The monoisotopic (exact) mass is 410 g/mol. The van der Waals surface area contributed by atoms with Crippen LogP contribution in [0.2, 0.25) is 5.02 Å². The van der Waals surface area contributed by atoms with Gasteiger partial charge in [-0.05, 0) is 24.3 Å². The number of halogens is 1. The number of fused-ring (bicyclic) bond motifs is 2. The molecule has 5 aromatic rings. The van der Waals surface area contributed by atoms with Crippen LogP contribution < -0.4 is 5.43 Å². The van der Waals surface area contributed by atoms with Gasteiger partial charge in [0, 0.05) is 33.9 Å². The van der Waals surface area contributed by atoms with Gasteiger partial charge in [-0.2, -0.15) is 5.10 Å². The zero-order valence-electron chi connectivity index (χ0n) is 15.7. The molecule has 144 valence electrons. The summed E-state index contributed by atoms with van der Waals surface area (Å²) in [7, 11) is 0. The third kappa shape index (κ3) is 3.56. The van der Waals surface area contributed by atoms with Crippen LogP contribution in [0.15, 0.2) is 84.2 Å². The van der Waals surface area contributed by atoms with Crippen LogP contribution in [0.25, 0.3) is 33.2 Å². The van der Waals surface area contributed by atoms with E-state index in [0.29, 0.717) is 11.0 Å². The van der Waals surface area contributed by atoms with Crippen LogP contribution in [0.4, 0.5) is 5.95 Å². The Bertz CT molecular complexity index is 1380. The lowest BCUT2D eigenvalue weighted by atomic mass is 10.1. The molecule has 1 N–H and O–H groups in total. The molecule has 7 heteroatoms. The Morgan fingerprint density at radius 1 is 0.833 bits per heavy atom. The first-order valence-corrected chi connectivity index (χ1v) is 9.67. The van der Waals surface area contributed by atoms with Crippen LogP contribution in [0.1, 0.15) is 5.56 Å². The lowest BCUT2D eigenvalue weighted by molar-refractivity contribution is 1.16. The summed E-state index contributed by atoms with van der Waals surface area (Å²) in [6, 6.07) is 21.3. The third-order valence-corrected chi connectivity index (χ3v) is 4.84. The van der Waals surface area contributed by atoms with E-state index in [2.05, 4.69) is 30.5 Å². The van der Waals surface area contributed by atoms with E-state index in [9.17, 15) is 0 Å². The fourth-order valence-corrected chi connectivity index (χ4v) is 3.42. The van der Waals surface area contributed by atoms with Gasteiger partial charge in [-0.1, -0.05) is 54.1 Å². The third-order valence-electron chi connectivity index (χ3n) is 4.60. The second-order valence-electron chi connectivity index (χ2n) is 6.56. The molecular formula is C23H15ClN6. The first-order valence-electron chi connectivity index (χ1n) is 9.29. The number of para-hydroxylation sites is 1. The van der Waals surface area contributed by atoms with E-state index >= 15 is 0 Å². The highest BCUT2D eigenvalue weighted by atomic mass is 35.5. The number of hydrazone groups is 1. The minimum Gasteiger partial charge on any atom is -0.253 e. The molecule has 2 heterocycles. The average molecular weight is 411 g/mol. The molecule has 0 aliphatic carbocycles. The molecular weight excluding hydrogens is 396 g/mol. The summed E-state index contributed by atoms with van der Waals surface area (Å²) in [5.74, 6) is 0.395. The van der Waals surface area contributed by atoms with Crippen molar-refractivity contribution < 1.29 is 0 Å². The highest BCUT2D eigenvalue weighted by Crippen LogP contribution is 2.29. The van der Waals surface area contributed by atoms with Crippen LogP contribution in [-0.4, -0.2) is 26.2 Å². The van der Waals surface area contributed by atoms with Gasteiger partial charge in [0.1, 0.15) is 0 Å². The lowest BCUT2D eigenvalue weighted by Crippen LogP contribution is -2.00. The van der Waals surface area contributed by atoms with Gasteiger partial charge in [-0.3, -0.25) is 9.97 Å². The van der Waals surface area contributed by atoms with Gasteiger partial charge in [-0.25, -0.2) is 15.4 Å². The van der Waals surface area contributed by atoms with Crippen molar-refractivity contribution in [2.75, 3.05) is 5.43 Å². The molecule has 0 atom stereocenters. The van der Waals surface area contributed by atoms with Crippen molar-refractivity contribution in [2.45, 2.75) is 0 Å². The summed E-state index contributed by atoms with van der Waals surface area (Å²) in [5.41, 5.74) is 7.93. The van der Waals surface area contributed by atoms with Gasteiger partial charge in [-0.15, -0.1) is 0 Å². The van der Waals surface area contributed by atoms with Crippen LogP contribution in [0.5, 0.6) is 0 Å². The molecule has 0 bridgehead atoms. The maximum absolute atomic E-state index is 6.21. The molecule has 0 radical (unpaired) electrons. The SMILES string of the molecule is Clc1ccc2nc(N/N=C\c3cccc4nccnc34)nc(-c3ccccc3)c2c1. The highest BCUT2D eigenvalue weighted by Gasteiger charge is 2.10. The molecule has 6 nitrogen and oxygen atoms in total. The molecule has 0 fully saturated rings. The number of hydrogen-bond donors (Lipinski definition) is 1. The van der Waals surface area contributed by atoms with E-state index in [1.807, 2.05) is 66.7 Å². The smallest absolute Gasteiger partial charge is 0.244 e. The van der Waals surface area contributed by atoms with Gasteiger partial charge >= 0.3 is 0 Å². The van der Waals surface area contributed by atoms with E-state index in [1.54, 1.807) is 18.6 Å². The summed E-state index contributed by atoms with van der Waals surface area (Å²) >= 11 is 6.21. The number of anilines is 1. The van der Waals surface area contributed by atoms with E-state index in [-0.39, 0.29) is 0 Å². The summed E-state index contributed by atoms with van der Waals surface area (Å²) in [4.78, 5) is 18.0. The number of hydrogen-bond acceptors (Lipinski definition) is 6. The first-order chi connectivity index (χ1) is 14.8. The molecule has 0 saturated heterocycles. The topological polar surface area (TPSA) is 76.0 Å². The fourth-order valence-electron chi connectivity index (χ4n) is 3.25. The van der Waals surface area contributed by atoms with Gasteiger partial charge in [0.2, 0.25) is 5.95 Å². The minimum atomic E-state index is 0.395. The Balaban J connectivity index is 1.53. The van der Waals surface area contributed by atoms with E-state index in [0.717, 1.165) is 38.8 Å². The zero-order chi connectivity index (χ0) is 20.3. The maximum atomic E-state index is 6.21. The Hall–Kier alpha value is -3.90. The highest BCUT2D eigenvalue weighted by molar-refractivity contribution is 6.31. The summed E-state index contributed by atoms with van der Waals surface area (Å²) in [6.07, 6.45) is 5.02. The molecule has 0 unspecified atom stereocenters. The van der Waals surface area contributed by atoms with Crippen molar-refractivity contribution in [1.82, 2.24) is 19.9 Å². The van der Waals surface area contributed by atoms with Crippen LogP contribution in [0, 0.1) is 0 Å². The summed E-state index contributed by atoms with van der Waals surface area (Å²) in [6.45, 7) is 0. The first kappa shape index (κ1) is 18.1. The van der Waals surface area contributed by atoms with E-state index in [4.69, 9.17) is 11.6 Å². The second kappa shape index (κ2) is 7.85. The molecule has 0 aliphatic rings. The Kier molecular flexibility index (Phi) is 4.75. The number of nitrogens with zero attached hydrogens (tertiary/aromatic N) is 5. The number of aromatic nitrogens is 4. The molecule has 0 spiro atoms. The summed E-state index contributed by atoms with van der Waals surface area (Å²) < 4.78 is 0. The number of nitrogens with one attached hydrogen (secondary N) is 1. The lowest BCUT2D eigenvalue weighted by Gasteiger charge is -2.09. The largest absolute Gasteiger partial charge is 0.253 e. The molecule has 2 aromatic heterocycles. The van der Waals surface area contributed by atoms with Crippen LogP contribution >= 0.6 is 11.6 Å². The quantitative estimate of drug-likeness (QED) is 0.319. The number of benzene rings is 3. The van der Waals surface area contributed by atoms with Gasteiger partial charge in [0.05, 0.1) is 28.5 Å². The van der Waals surface area contributed by atoms with Gasteiger partial charge < -0.3 is 0 Å². The predicted molar refractivity (Wildman–Crippen MR) is 121 cm³/mol. The average Bonchev–Trinajstić information content (AvgIpc) is 2.79. The standard InChI is InChI=1S/C23H15ClN6/c24-17-9-10-19-18(13-17)21(15-5-2-1-3-6-15)29-23(28-19)30-27-14-16-7-4-8-20-22(16)26-12-11-25-20/h1-14H,(H,28,29,30)/b27-14-. The zero-order valence-corrected chi connectivity index (χ0v) is 16.5. The maximum Gasteiger partial charge on any atom is 0.244 e. The molecule has 0 amide bonds. The molecule has 0 saturated carbocycles. The predicted octanol–water partition coefficient (Wildman–Crippen LogP) is 5.34. The normalized spacial score (nSPS) is 11.4. The Morgan fingerprint density at radius 3 is 2.60 bits per heavy atom. The summed E-state index contributed by atoms with van der Waals surface area (Å²) in [5, 5.41) is 5.85. The molecule has 3 aromatic carbocycles. The Morgan fingerprint density at radius 2 is 1.70 bits per heavy atom. The molecule has 0 aliphatic heterocycles. The number of rotatable bonds is 4. The van der Waals surface area contributed by atoms with Crippen molar-refractivity contribution >= 4 is 45.7 Å². The van der Waals surface area contributed by atoms with Crippen molar-refractivity contribution in [1.29, 1.82) is 0 Å². The Labute approximate surface area is 177 Å².